The average Bonchev–Trinajstić information content (AvgIpc) is 3.26. The maximum absolute atomic E-state index is 12.8. The summed E-state index contributed by atoms with van der Waals surface area (Å²) in [4.78, 5) is 27.8. The largest absolute Gasteiger partial charge is 0.335 e. The minimum absolute atomic E-state index is 0.0121. The molecule has 0 atom stereocenters. The van der Waals surface area contributed by atoms with E-state index in [1.165, 1.54) is 10.4 Å². The van der Waals surface area contributed by atoms with Gasteiger partial charge in [0.05, 0.1) is 0 Å². The third kappa shape index (κ3) is 3.28. The fraction of sp³-hybridized carbons (Fsp3) is 0.333. The molecule has 2 aliphatic rings. The van der Waals surface area contributed by atoms with E-state index in [4.69, 9.17) is 0 Å². The first-order chi connectivity index (χ1) is 11.7. The average molecular weight is 341 g/mol. The molecular formula is C18H19N3O2S. The highest BCUT2D eigenvalue weighted by Crippen LogP contribution is 2.25. The molecule has 0 saturated heterocycles. The predicted molar refractivity (Wildman–Crippen MR) is 94.4 cm³/mol. The molecule has 1 fully saturated rings. The van der Waals surface area contributed by atoms with Gasteiger partial charge in [-0.3, -0.25) is 4.79 Å². The number of hydrogen-bond acceptors (Lipinski definition) is 3. The van der Waals surface area contributed by atoms with Crippen molar-refractivity contribution in [2.24, 2.45) is 0 Å². The summed E-state index contributed by atoms with van der Waals surface area (Å²) in [6.45, 7) is 1.41. The van der Waals surface area contributed by atoms with Crippen molar-refractivity contribution >= 4 is 29.0 Å². The molecule has 1 saturated carbocycles. The van der Waals surface area contributed by atoms with Crippen LogP contribution in [0, 0.1) is 0 Å². The molecule has 124 valence electrons. The van der Waals surface area contributed by atoms with E-state index in [0.29, 0.717) is 23.8 Å². The maximum Gasteiger partial charge on any atom is 0.319 e. The molecule has 1 aliphatic carbocycles. The summed E-state index contributed by atoms with van der Waals surface area (Å²) in [5.41, 5.74) is 2.50. The fourth-order valence-electron chi connectivity index (χ4n) is 2.91. The Morgan fingerprint density at radius 3 is 2.92 bits per heavy atom. The van der Waals surface area contributed by atoms with Gasteiger partial charge in [0.1, 0.15) is 0 Å². The number of urea groups is 1. The molecule has 2 N–H and O–H groups in total. The highest BCUT2D eigenvalue weighted by atomic mass is 32.1. The summed E-state index contributed by atoms with van der Waals surface area (Å²) in [7, 11) is 0. The lowest BCUT2D eigenvalue weighted by molar-refractivity contribution is 0.0736. The van der Waals surface area contributed by atoms with E-state index in [1.54, 1.807) is 35.6 Å². The molecular weight excluding hydrogens is 322 g/mol. The van der Waals surface area contributed by atoms with Crippen LogP contribution in [0.15, 0.2) is 35.7 Å². The number of nitrogens with one attached hydrogen (secondary N) is 2. The summed E-state index contributed by atoms with van der Waals surface area (Å²) in [5, 5.41) is 7.77. The molecule has 0 bridgehead atoms. The first-order valence-electron chi connectivity index (χ1n) is 8.21. The second-order valence-electron chi connectivity index (χ2n) is 6.30. The van der Waals surface area contributed by atoms with E-state index in [9.17, 15) is 9.59 Å². The summed E-state index contributed by atoms with van der Waals surface area (Å²) < 4.78 is 0. The van der Waals surface area contributed by atoms with Crippen molar-refractivity contribution in [3.05, 3.63) is 51.7 Å². The van der Waals surface area contributed by atoms with Crippen molar-refractivity contribution in [1.82, 2.24) is 10.2 Å². The zero-order valence-corrected chi connectivity index (χ0v) is 14.1. The van der Waals surface area contributed by atoms with Gasteiger partial charge in [-0.05, 0) is 54.5 Å². The van der Waals surface area contributed by atoms with Crippen LogP contribution in [0.2, 0.25) is 0 Å². The van der Waals surface area contributed by atoms with Crippen LogP contribution in [0.25, 0.3) is 0 Å². The Labute approximate surface area is 144 Å². The number of benzene rings is 1. The van der Waals surface area contributed by atoms with Gasteiger partial charge in [0.25, 0.3) is 5.91 Å². The molecule has 3 amide bonds. The highest BCUT2D eigenvalue weighted by molar-refractivity contribution is 7.10. The van der Waals surface area contributed by atoms with Crippen molar-refractivity contribution in [1.29, 1.82) is 0 Å². The molecule has 0 spiro atoms. The quantitative estimate of drug-likeness (QED) is 0.900. The van der Waals surface area contributed by atoms with Crippen LogP contribution in [-0.2, 0) is 13.0 Å². The lowest BCUT2D eigenvalue weighted by Gasteiger charge is -2.27. The number of hydrogen-bond donors (Lipinski definition) is 2. The first kappa shape index (κ1) is 15.2. The molecule has 0 radical (unpaired) electrons. The molecule has 1 aromatic carbocycles. The molecule has 0 unspecified atom stereocenters. The first-order valence-corrected chi connectivity index (χ1v) is 9.09. The summed E-state index contributed by atoms with van der Waals surface area (Å²) in [6, 6.07) is 9.36. The van der Waals surface area contributed by atoms with Gasteiger partial charge < -0.3 is 15.5 Å². The molecule has 2 aromatic rings. The number of amides is 3. The number of nitrogens with zero attached hydrogens (tertiary/aromatic N) is 1. The number of thiophene rings is 1. The summed E-state index contributed by atoms with van der Waals surface area (Å²) in [6.07, 6.45) is 3.01. The predicted octanol–water partition coefficient (Wildman–Crippen LogP) is 3.23. The number of rotatable bonds is 3. The number of carbonyl (C=O) groups excluding carboxylic acids is 2. The van der Waals surface area contributed by atoms with Crippen LogP contribution in [0.3, 0.4) is 0 Å². The molecule has 1 aromatic heterocycles. The molecule has 4 rings (SSSR count). The molecule has 24 heavy (non-hydrogen) atoms. The van der Waals surface area contributed by atoms with Gasteiger partial charge in [-0.1, -0.05) is 6.07 Å². The Balaban J connectivity index is 1.44. The van der Waals surface area contributed by atoms with Gasteiger partial charge in [-0.15, -0.1) is 11.3 Å². The lowest BCUT2D eigenvalue weighted by atomic mass is 10.1. The van der Waals surface area contributed by atoms with Crippen molar-refractivity contribution in [3.63, 3.8) is 0 Å². The maximum atomic E-state index is 12.8. The zero-order valence-electron chi connectivity index (χ0n) is 13.2. The number of anilines is 1. The van der Waals surface area contributed by atoms with Crippen LogP contribution in [-0.4, -0.2) is 29.4 Å². The van der Waals surface area contributed by atoms with Gasteiger partial charge in [0.2, 0.25) is 0 Å². The third-order valence-corrected chi connectivity index (χ3v) is 5.40. The van der Waals surface area contributed by atoms with Crippen LogP contribution >= 0.6 is 11.3 Å². The fourth-order valence-corrected chi connectivity index (χ4v) is 3.80. The minimum Gasteiger partial charge on any atom is -0.335 e. The van der Waals surface area contributed by atoms with Crippen molar-refractivity contribution < 1.29 is 9.59 Å². The highest BCUT2D eigenvalue weighted by Gasteiger charge is 2.24. The Hall–Kier alpha value is -2.34. The molecule has 6 heteroatoms. The standard InChI is InChI=1S/C18H19N3O2S/c22-17(21-8-6-16-13(11-21)7-9-24-16)12-2-1-3-15(10-12)20-18(23)19-14-4-5-14/h1-3,7,9-10,14H,4-6,8,11H2,(H2,19,20,23). The Kier molecular flexibility index (Phi) is 3.98. The normalized spacial score (nSPS) is 16.4. The van der Waals surface area contributed by atoms with Crippen LogP contribution in [0.5, 0.6) is 0 Å². The van der Waals surface area contributed by atoms with Gasteiger partial charge in [0, 0.05) is 35.3 Å². The smallest absolute Gasteiger partial charge is 0.319 e. The Morgan fingerprint density at radius 1 is 1.21 bits per heavy atom. The van der Waals surface area contributed by atoms with E-state index < -0.39 is 0 Å². The van der Waals surface area contributed by atoms with Gasteiger partial charge in [-0.25, -0.2) is 4.79 Å². The van der Waals surface area contributed by atoms with Crippen molar-refractivity contribution in [2.45, 2.75) is 31.8 Å². The lowest BCUT2D eigenvalue weighted by Crippen LogP contribution is -2.35. The van der Waals surface area contributed by atoms with Crippen LogP contribution in [0.1, 0.15) is 33.6 Å². The zero-order chi connectivity index (χ0) is 16.5. The van der Waals surface area contributed by atoms with E-state index in [0.717, 1.165) is 25.8 Å². The minimum atomic E-state index is -0.206. The Bertz CT molecular complexity index is 782. The van der Waals surface area contributed by atoms with Gasteiger partial charge >= 0.3 is 6.03 Å². The number of fused-ring (bicyclic) bond motifs is 1. The molecule has 5 nitrogen and oxygen atoms in total. The SMILES string of the molecule is O=C(Nc1cccc(C(=O)N2CCc3sccc3C2)c1)NC1CC1. The van der Waals surface area contributed by atoms with Crippen molar-refractivity contribution in [2.75, 3.05) is 11.9 Å². The second kappa shape index (κ2) is 6.28. The van der Waals surface area contributed by atoms with E-state index in [2.05, 4.69) is 22.1 Å². The second-order valence-corrected chi connectivity index (χ2v) is 7.30. The molecule has 2 heterocycles. The van der Waals surface area contributed by atoms with E-state index in [-0.39, 0.29) is 11.9 Å². The van der Waals surface area contributed by atoms with Crippen LogP contribution < -0.4 is 10.6 Å². The Morgan fingerprint density at radius 2 is 2.08 bits per heavy atom. The van der Waals surface area contributed by atoms with Gasteiger partial charge in [-0.2, -0.15) is 0 Å². The van der Waals surface area contributed by atoms with Crippen molar-refractivity contribution in [3.8, 4) is 0 Å². The number of carbonyl (C=O) groups is 2. The van der Waals surface area contributed by atoms with E-state index >= 15 is 0 Å². The monoisotopic (exact) mass is 341 g/mol. The topological polar surface area (TPSA) is 61.4 Å². The summed E-state index contributed by atoms with van der Waals surface area (Å²) >= 11 is 1.76. The summed E-state index contributed by atoms with van der Waals surface area (Å²) in [5.74, 6) is 0.0121. The van der Waals surface area contributed by atoms with Crippen LogP contribution in [0.4, 0.5) is 10.5 Å². The van der Waals surface area contributed by atoms with E-state index in [1.807, 2.05) is 4.90 Å². The van der Waals surface area contributed by atoms with Gasteiger partial charge in [0.15, 0.2) is 0 Å². The third-order valence-electron chi connectivity index (χ3n) is 4.37. The molecule has 1 aliphatic heterocycles.